The second-order valence-electron chi connectivity index (χ2n) is 3.75. The first-order chi connectivity index (χ1) is 7.81. The van der Waals surface area contributed by atoms with Crippen LogP contribution in [0.15, 0.2) is 18.2 Å². The number of nitrogens with zero attached hydrogens (tertiary/aromatic N) is 2. The molecule has 0 atom stereocenters. The van der Waals surface area contributed by atoms with E-state index in [9.17, 15) is 8.42 Å². The highest BCUT2D eigenvalue weighted by atomic mass is 32.2. The van der Waals surface area contributed by atoms with E-state index in [-0.39, 0.29) is 17.3 Å². The van der Waals surface area contributed by atoms with Crippen molar-refractivity contribution in [3.63, 3.8) is 0 Å². The first kappa shape index (κ1) is 14.0. The van der Waals surface area contributed by atoms with E-state index in [1.165, 1.54) is 11.4 Å². The van der Waals surface area contributed by atoms with E-state index in [0.717, 1.165) is 5.69 Å². The van der Waals surface area contributed by atoms with Crippen LogP contribution in [-0.2, 0) is 16.6 Å². The Hall–Kier alpha value is -1.05. The highest BCUT2D eigenvalue weighted by molar-refractivity contribution is 7.92. The summed E-state index contributed by atoms with van der Waals surface area (Å²) in [5.74, 6) is -0.315. The molecule has 0 aliphatic rings. The van der Waals surface area contributed by atoms with E-state index in [2.05, 4.69) is 17.2 Å². The molecule has 0 radical (unpaired) electrons. The normalized spacial score (nSPS) is 11.7. The lowest BCUT2D eigenvalue weighted by molar-refractivity contribution is 0.465. The topological polar surface area (TPSA) is 76.3 Å². The molecule has 0 saturated heterocycles. The third kappa shape index (κ3) is 4.37. The Morgan fingerprint density at radius 2 is 2.18 bits per heavy atom. The van der Waals surface area contributed by atoms with Crippen molar-refractivity contribution in [3.8, 4) is 0 Å². The fourth-order valence-electron chi connectivity index (χ4n) is 1.30. The van der Waals surface area contributed by atoms with Gasteiger partial charge in [0.05, 0.1) is 17.2 Å². The van der Waals surface area contributed by atoms with Gasteiger partial charge >= 0.3 is 0 Å². The van der Waals surface area contributed by atoms with Gasteiger partial charge in [0.1, 0.15) is 5.75 Å². The van der Waals surface area contributed by atoms with Gasteiger partial charge in [0.15, 0.2) is 0 Å². The standard InChI is InChI=1S/C10H15N3O2S2/c1-8-4-3-5-9(12-8)6-13(2)17(14,15)7-10(11)16/h3-5H,6-7H2,1-2H3,(H2,11,16). The third-order valence-corrected chi connectivity index (χ3v) is 4.21. The second-order valence-corrected chi connectivity index (χ2v) is 6.35. The molecule has 0 spiro atoms. The van der Waals surface area contributed by atoms with Crippen LogP contribution in [0.5, 0.6) is 0 Å². The lowest BCUT2D eigenvalue weighted by Crippen LogP contribution is -2.34. The largest absolute Gasteiger partial charge is 0.392 e. The van der Waals surface area contributed by atoms with Crippen molar-refractivity contribution >= 4 is 27.2 Å². The van der Waals surface area contributed by atoms with Gasteiger partial charge in [-0.1, -0.05) is 18.3 Å². The van der Waals surface area contributed by atoms with E-state index in [4.69, 9.17) is 5.73 Å². The van der Waals surface area contributed by atoms with E-state index in [1.54, 1.807) is 6.07 Å². The fraction of sp³-hybridized carbons (Fsp3) is 0.400. The molecule has 1 rings (SSSR count). The van der Waals surface area contributed by atoms with Crippen molar-refractivity contribution in [1.82, 2.24) is 9.29 Å². The molecule has 1 aromatic rings. The number of nitrogens with two attached hydrogens (primary N) is 1. The van der Waals surface area contributed by atoms with Crippen molar-refractivity contribution in [2.24, 2.45) is 5.73 Å². The van der Waals surface area contributed by atoms with Gasteiger partial charge in [-0.25, -0.2) is 8.42 Å². The SMILES string of the molecule is Cc1cccc(CN(C)S(=O)(=O)CC(N)=S)n1. The Morgan fingerprint density at radius 3 is 2.71 bits per heavy atom. The zero-order valence-electron chi connectivity index (χ0n) is 9.75. The van der Waals surface area contributed by atoms with Gasteiger partial charge in [-0.3, -0.25) is 4.98 Å². The highest BCUT2D eigenvalue weighted by Crippen LogP contribution is 2.06. The van der Waals surface area contributed by atoms with E-state index >= 15 is 0 Å². The Bertz CT molecular complexity index is 514. The molecule has 94 valence electrons. The molecule has 5 nitrogen and oxygen atoms in total. The number of aryl methyl sites for hydroxylation is 1. The summed E-state index contributed by atoms with van der Waals surface area (Å²) in [5.41, 5.74) is 6.79. The zero-order chi connectivity index (χ0) is 13.1. The fourth-order valence-corrected chi connectivity index (χ4v) is 2.66. The van der Waals surface area contributed by atoms with Gasteiger partial charge in [-0.2, -0.15) is 4.31 Å². The summed E-state index contributed by atoms with van der Waals surface area (Å²) >= 11 is 4.60. The minimum Gasteiger partial charge on any atom is -0.392 e. The van der Waals surface area contributed by atoms with Crippen molar-refractivity contribution in [1.29, 1.82) is 0 Å². The molecule has 0 aliphatic heterocycles. The molecule has 0 aromatic carbocycles. The predicted octanol–water partition coefficient (Wildman–Crippen LogP) is 0.438. The zero-order valence-corrected chi connectivity index (χ0v) is 11.4. The first-order valence-electron chi connectivity index (χ1n) is 4.96. The van der Waals surface area contributed by atoms with Crippen molar-refractivity contribution in [3.05, 3.63) is 29.6 Å². The van der Waals surface area contributed by atoms with Gasteiger partial charge in [0.2, 0.25) is 10.0 Å². The molecule has 1 aromatic heterocycles. The Kier molecular flexibility index (Phi) is 4.55. The van der Waals surface area contributed by atoms with E-state index in [0.29, 0.717) is 5.69 Å². The van der Waals surface area contributed by atoms with Crippen LogP contribution in [0.2, 0.25) is 0 Å². The van der Waals surface area contributed by atoms with Crippen LogP contribution in [0, 0.1) is 6.92 Å². The molecule has 0 saturated carbocycles. The predicted molar refractivity (Wildman–Crippen MR) is 71.0 cm³/mol. The lowest BCUT2D eigenvalue weighted by Gasteiger charge is -2.16. The van der Waals surface area contributed by atoms with Gasteiger partial charge in [0.25, 0.3) is 0 Å². The number of hydrogen-bond donors (Lipinski definition) is 1. The van der Waals surface area contributed by atoms with Crippen LogP contribution in [0.25, 0.3) is 0 Å². The van der Waals surface area contributed by atoms with Crippen molar-refractivity contribution < 1.29 is 8.42 Å². The molecule has 7 heteroatoms. The summed E-state index contributed by atoms with van der Waals surface area (Å²) in [4.78, 5) is 4.20. The van der Waals surface area contributed by atoms with E-state index in [1.807, 2.05) is 19.1 Å². The maximum atomic E-state index is 11.8. The van der Waals surface area contributed by atoms with E-state index < -0.39 is 10.0 Å². The molecule has 0 unspecified atom stereocenters. The third-order valence-electron chi connectivity index (χ3n) is 2.13. The summed E-state index contributed by atoms with van der Waals surface area (Å²) in [6.07, 6.45) is 0. The molecule has 2 N–H and O–H groups in total. The van der Waals surface area contributed by atoms with Crippen LogP contribution in [0.1, 0.15) is 11.4 Å². The Morgan fingerprint density at radius 1 is 1.53 bits per heavy atom. The molecular formula is C10H15N3O2S2. The Labute approximate surface area is 107 Å². The van der Waals surface area contributed by atoms with Gasteiger partial charge < -0.3 is 5.73 Å². The van der Waals surface area contributed by atoms with Crippen LogP contribution < -0.4 is 5.73 Å². The number of hydrogen-bond acceptors (Lipinski definition) is 4. The first-order valence-corrected chi connectivity index (χ1v) is 6.98. The van der Waals surface area contributed by atoms with Crippen LogP contribution >= 0.6 is 12.2 Å². The monoisotopic (exact) mass is 273 g/mol. The second kappa shape index (κ2) is 5.52. The number of sulfonamides is 1. The number of thiocarbonyl (C=S) groups is 1. The van der Waals surface area contributed by atoms with Gasteiger partial charge in [-0.05, 0) is 19.1 Å². The molecule has 0 fully saturated rings. The Balaban J connectivity index is 2.79. The summed E-state index contributed by atoms with van der Waals surface area (Å²) in [6.45, 7) is 2.07. The minimum atomic E-state index is -3.44. The number of rotatable bonds is 5. The summed E-state index contributed by atoms with van der Waals surface area (Å²) < 4.78 is 24.7. The quantitative estimate of drug-likeness (QED) is 0.788. The lowest BCUT2D eigenvalue weighted by atomic mass is 10.3. The minimum absolute atomic E-state index is 0.0333. The molecule has 0 amide bonds. The number of pyridine rings is 1. The van der Waals surface area contributed by atoms with Crippen LogP contribution in [0.3, 0.4) is 0 Å². The molecule has 0 aliphatic carbocycles. The van der Waals surface area contributed by atoms with Crippen molar-refractivity contribution in [2.45, 2.75) is 13.5 Å². The molecular weight excluding hydrogens is 258 g/mol. The summed E-state index contributed by atoms with van der Waals surface area (Å²) in [7, 11) is -1.96. The average Bonchev–Trinajstić information content (AvgIpc) is 2.15. The smallest absolute Gasteiger partial charge is 0.220 e. The molecule has 1 heterocycles. The average molecular weight is 273 g/mol. The van der Waals surface area contributed by atoms with Crippen LogP contribution in [-0.4, -0.2) is 35.5 Å². The number of aromatic nitrogens is 1. The van der Waals surface area contributed by atoms with Crippen LogP contribution in [0.4, 0.5) is 0 Å². The summed E-state index contributed by atoms with van der Waals surface area (Å²) in [6, 6.07) is 5.47. The maximum absolute atomic E-state index is 11.8. The maximum Gasteiger partial charge on any atom is 0.220 e. The summed E-state index contributed by atoms with van der Waals surface area (Å²) in [5, 5.41) is 0. The molecule has 17 heavy (non-hydrogen) atoms. The van der Waals surface area contributed by atoms with Gasteiger partial charge in [0, 0.05) is 12.7 Å². The van der Waals surface area contributed by atoms with Gasteiger partial charge in [-0.15, -0.1) is 0 Å². The van der Waals surface area contributed by atoms with Crippen molar-refractivity contribution in [2.75, 3.05) is 12.8 Å². The highest BCUT2D eigenvalue weighted by Gasteiger charge is 2.19. The molecule has 0 bridgehead atoms.